The summed E-state index contributed by atoms with van der Waals surface area (Å²) in [7, 11) is 1.66. The normalized spacial score (nSPS) is 18.6. The number of anilines is 1. The molecule has 2 rings (SSSR count). The molecule has 0 spiro atoms. The summed E-state index contributed by atoms with van der Waals surface area (Å²) in [6, 6.07) is 3.77. The van der Waals surface area contributed by atoms with E-state index in [-0.39, 0.29) is 11.9 Å². The smallest absolute Gasteiger partial charge is 0.171 e. The van der Waals surface area contributed by atoms with Crippen LogP contribution in [-0.4, -0.2) is 60.3 Å². The molecule has 0 aromatic carbocycles. The maximum Gasteiger partial charge on any atom is 0.171 e. The molecule has 1 aromatic rings. The van der Waals surface area contributed by atoms with E-state index in [9.17, 15) is 0 Å². The lowest BCUT2D eigenvalue weighted by Gasteiger charge is -2.39. The predicted molar refractivity (Wildman–Crippen MR) is 82.1 cm³/mol. The molecule has 1 fully saturated rings. The standard InChI is InChI=1S/C14H23N5O2/c1-3-11(13(15)17-20)18-7-9-19(10-8-18)14-12(21-2)5-4-6-16-14/h4-6,11,20H,3,7-10H2,1-2H3,(H2,15,17). The van der Waals surface area contributed by atoms with Gasteiger partial charge in [0.1, 0.15) is 0 Å². The van der Waals surface area contributed by atoms with Gasteiger partial charge in [0.2, 0.25) is 0 Å². The second kappa shape index (κ2) is 7.12. The number of nitrogens with zero attached hydrogens (tertiary/aromatic N) is 4. The zero-order valence-electron chi connectivity index (χ0n) is 12.6. The van der Waals surface area contributed by atoms with Crippen LogP contribution in [0.25, 0.3) is 0 Å². The molecule has 0 aliphatic carbocycles. The van der Waals surface area contributed by atoms with E-state index in [0.29, 0.717) is 0 Å². The van der Waals surface area contributed by atoms with E-state index in [4.69, 9.17) is 15.7 Å². The third-order valence-corrected chi connectivity index (χ3v) is 3.87. The summed E-state index contributed by atoms with van der Waals surface area (Å²) in [5.74, 6) is 1.94. The van der Waals surface area contributed by atoms with Crippen molar-refractivity contribution in [3.63, 3.8) is 0 Å². The fraction of sp³-hybridized carbons (Fsp3) is 0.571. The Hall–Kier alpha value is -2.02. The molecule has 0 amide bonds. The number of amidine groups is 1. The summed E-state index contributed by atoms with van der Waals surface area (Å²) in [4.78, 5) is 8.85. The largest absolute Gasteiger partial charge is 0.493 e. The molecule has 21 heavy (non-hydrogen) atoms. The molecule has 1 aromatic heterocycles. The molecular formula is C14H23N5O2. The van der Waals surface area contributed by atoms with Gasteiger partial charge in [0.25, 0.3) is 0 Å². The number of nitrogens with two attached hydrogens (primary N) is 1. The van der Waals surface area contributed by atoms with E-state index in [2.05, 4.69) is 19.9 Å². The zero-order valence-corrected chi connectivity index (χ0v) is 12.6. The van der Waals surface area contributed by atoms with Crippen LogP contribution in [0.3, 0.4) is 0 Å². The molecule has 1 unspecified atom stereocenters. The first-order valence-corrected chi connectivity index (χ1v) is 7.16. The van der Waals surface area contributed by atoms with Crippen molar-refractivity contribution in [3.8, 4) is 5.75 Å². The predicted octanol–water partition coefficient (Wildman–Crippen LogP) is 0.737. The fourth-order valence-electron chi connectivity index (χ4n) is 2.75. The summed E-state index contributed by atoms with van der Waals surface area (Å²) in [6.45, 7) is 5.39. The zero-order chi connectivity index (χ0) is 15.2. The maximum atomic E-state index is 8.86. The molecule has 2 heterocycles. The first kappa shape index (κ1) is 15.4. The molecule has 7 nitrogen and oxygen atoms in total. The molecule has 3 N–H and O–H groups in total. The van der Waals surface area contributed by atoms with Gasteiger partial charge in [-0.25, -0.2) is 4.98 Å². The number of pyridine rings is 1. The quantitative estimate of drug-likeness (QED) is 0.360. The average Bonchev–Trinajstić information content (AvgIpc) is 2.56. The minimum atomic E-state index is -0.0113. The van der Waals surface area contributed by atoms with Crippen LogP contribution in [0, 0.1) is 0 Å². The van der Waals surface area contributed by atoms with Crippen molar-refractivity contribution in [2.24, 2.45) is 10.9 Å². The summed E-state index contributed by atoms with van der Waals surface area (Å²) < 4.78 is 5.36. The third kappa shape index (κ3) is 3.36. The van der Waals surface area contributed by atoms with Crippen molar-refractivity contribution in [1.82, 2.24) is 9.88 Å². The van der Waals surface area contributed by atoms with Crippen molar-refractivity contribution >= 4 is 11.7 Å². The van der Waals surface area contributed by atoms with Crippen LogP contribution in [0.4, 0.5) is 5.82 Å². The lowest BCUT2D eigenvalue weighted by Crippen LogP contribution is -2.54. The Morgan fingerprint density at radius 1 is 1.48 bits per heavy atom. The van der Waals surface area contributed by atoms with Gasteiger partial charge < -0.3 is 20.6 Å². The molecule has 1 saturated heterocycles. The first-order chi connectivity index (χ1) is 10.2. The second-order valence-electron chi connectivity index (χ2n) is 5.00. The average molecular weight is 293 g/mol. The van der Waals surface area contributed by atoms with E-state index >= 15 is 0 Å². The highest BCUT2D eigenvalue weighted by Gasteiger charge is 2.26. The van der Waals surface area contributed by atoms with E-state index in [1.54, 1.807) is 13.3 Å². The van der Waals surface area contributed by atoms with Crippen LogP contribution in [0.2, 0.25) is 0 Å². The number of oxime groups is 1. The highest BCUT2D eigenvalue weighted by Crippen LogP contribution is 2.26. The molecule has 0 bridgehead atoms. The summed E-state index contributed by atoms with van der Waals surface area (Å²) in [6.07, 6.45) is 2.60. The van der Waals surface area contributed by atoms with E-state index in [1.807, 2.05) is 19.1 Å². The van der Waals surface area contributed by atoms with Gasteiger partial charge in [0.05, 0.1) is 13.2 Å². The van der Waals surface area contributed by atoms with E-state index < -0.39 is 0 Å². The number of hydrogen-bond donors (Lipinski definition) is 2. The van der Waals surface area contributed by atoms with E-state index in [0.717, 1.165) is 44.2 Å². The highest BCUT2D eigenvalue weighted by atomic mass is 16.5. The van der Waals surface area contributed by atoms with Crippen LogP contribution in [-0.2, 0) is 0 Å². The van der Waals surface area contributed by atoms with Crippen molar-refractivity contribution in [3.05, 3.63) is 18.3 Å². The lowest BCUT2D eigenvalue weighted by atomic mass is 10.1. The van der Waals surface area contributed by atoms with Crippen LogP contribution in [0.5, 0.6) is 5.75 Å². The fourth-order valence-corrected chi connectivity index (χ4v) is 2.75. The Morgan fingerprint density at radius 2 is 2.19 bits per heavy atom. The number of ether oxygens (including phenoxy) is 1. The Balaban J connectivity index is 2.03. The number of methoxy groups -OCH3 is 1. The van der Waals surface area contributed by atoms with Crippen molar-refractivity contribution < 1.29 is 9.94 Å². The van der Waals surface area contributed by atoms with Crippen molar-refractivity contribution in [2.45, 2.75) is 19.4 Å². The summed E-state index contributed by atoms with van der Waals surface area (Å²) in [5, 5.41) is 12.0. The van der Waals surface area contributed by atoms with Crippen LogP contribution < -0.4 is 15.4 Å². The van der Waals surface area contributed by atoms with Crippen LogP contribution >= 0.6 is 0 Å². The molecule has 116 valence electrons. The molecular weight excluding hydrogens is 270 g/mol. The molecule has 7 heteroatoms. The molecule has 0 radical (unpaired) electrons. The Morgan fingerprint density at radius 3 is 2.76 bits per heavy atom. The summed E-state index contributed by atoms with van der Waals surface area (Å²) in [5.41, 5.74) is 5.76. The Bertz CT molecular complexity index is 486. The molecule has 1 aliphatic rings. The maximum absolute atomic E-state index is 8.86. The van der Waals surface area contributed by atoms with Gasteiger partial charge >= 0.3 is 0 Å². The third-order valence-electron chi connectivity index (χ3n) is 3.87. The van der Waals surface area contributed by atoms with Crippen molar-refractivity contribution in [2.75, 3.05) is 38.2 Å². The van der Waals surface area contributed by atoms with Gasteiger partial charge in [-0.15, -0.1) is 0 Å². The van der Waals surface area contributed by atoms with Gasteiger partial charge in [-0.3, -0.25) is 4.90 Å². The van der Waals surface area contributed by atoms with Gasteiger partial charge in [-0.2, -0.15) is 0 Å². The topological polar surface area (TPSA) is 87.2 Å². The first-order valence-electron chi connectivity index (χ1n) is 7.16. The van der Waals surface area contributed by atoms with Gasteiger partial charge in [-0.1, -0.05) is 12.1 Å². The molecule has 1 aliphatic heterocycles. The van der Waals surface area contributed by atoms with Crippen LogP contribution in [0.1, 0.15) is 13.3 Å². The minimum Gasteiger partial charge on any atom is -0.493 e. The summed E-state index contributed by atoms with van der Waals surface area (Å²) >= 11 is 0. The van der Waals surface area contributed by atoms with Crippen LogP contribution in [0.15, 0.2) is 23.5 Å². The van der Waals surface area contributed by atoms with Gasteiger partial charge in [0, 0.05) is 32.4 Å². The SMILES string of the molecule is CCC(/C(N)=N/O)N1CCN(c2ncccc2OC)CC1. The Kier molecular flexibility index (Phi) is 5.21. The van der Waals surface area contributed by atoms with Crippen molar-refractivity contribution in [1.29, 1.82) is 0 Å². The van der Waals surface area contributed by atoms with Gasteiger partial charge in [-0.05, 0) is 18.6 Å². The van der Waals surface area contributed by atoms with Gasteiger partial charge in [0.15, 0.2) is 17.4 Å². The minimum absolute atomic E-state index is 0.0113. The number of hydrogen-bond acceptors (Lipinski definition) is 6. The number of rotatable bonds is 5. The number of aromatic nitrogens is 1. The monoisotopic (exact) mass is 293 g/mol. The molecule has 1 atom stereocenters. The highest BCUT2D eigenvalue weighted by molar-refractivity contribution is 5.85. The second-order valence-corrected chi connectivity index (χ2v) is 5.00. The lowest BCUT2D eigenvalue weighted by molar-refractivity contribution is 0.215. The Labute approximate surface area is 125 Å². The number of piperazine rings is 1. The van der Waals surface area contributed by atoms with E-state index in [1.165, 1.54) is 0 Å². The molecule has 0 saturated carbocycles.